The predicted octanol–water partition coefficient (Wildman–Crippen LogP) is 1.35. The van der Waals surface area contributed by atoms with E-state index in [9.17, 15) is 4.79 Å². The molecule has 0 bridgehead atoms. The van der Waals surface area contributed by atoms with Gasteiger partial charge in [0.1, 0.15) is 18.2 Å². The van der Waals surface area contributed by atoms with Crippen LogP contribution in [0.3, 0.4) is 0 Å². The molecule has 1 rings (SSSR count). The number of halogens is 1. The summed E-state index contributed by atoms with van der Waals surface area (Å²) >= 11 is 3.28. The van der Waals surface area contributed by atoms with E-state index < -0.39 is 5.97 Å². The van der Waals surface area contributed by atoms with Crippen molar-refractivity contribution >= 4 is 27.7 Å². The van der Waals surface area contributed by atoms with Gasteiger partial charge in [-0.05, 0) is 29.8 Å². The van der Waals surface area contributed by atoms with Crippen LogP contribution in [-0.4, -0.2) is 27.6 Å². The highest BCUT2D eigenvalue weighted by Crippen LogP contribution is 2.22. The maximum atomic E-state index is 10.3. The number of hydrogen-bond acceptors (Lipinski definition) is 4. The maximum Gasteiger partial charge on any atom is 0.322 e. The summed E-state index contributed by atoms with van der Waals surface area (Å²) in [6.07, 6.45) is 0. The maximum absolute atomic E-state index is 10.3. The average molecular weight is 260 g/mol. The minimum atomic E-state index is -0.925. The molecule has 5 nitrogen and oxygen atoms in total. The number of aryl methyl sites for hydroxylation is 2. The van der Waals surface area contributed by atoms with Gasteiger partial charge in [-0.2, -0.15) is 0 Å². The summed E-state index contributed by atoms with van der Waals surface area (Å²) in [5.74, 6) is 0.196. The van der Waals surface area contributed by atoms with Gasteiger partial charge in [0.2, 0.25) is 0 Å². The molecule has 0 amide bonds. The summed E-state index contributed by atoms with van der Waals surface area (Å²) in [6, 6.07) is 0. The standard InChI is InChI=1S/C8H10BrN3O2/c1-4-7(9)8(10-3-6(13)14)12-5(2)11-4/h3H2,1-2H3,(H,13,14)(H,10,11,12). The number of aliphatic carboxylic acids is 1. The van der Waals surface area contributed by atoms with Gasteiger partial charge in [-0.15, -0.1) is 0 Å². The molecule has 0 saturated carbocycles. The molecule has 0 aliphatic rings. The third kappa shape index (κ3) is 2.66. The molecule has 0 spiro atoms. The van der Waals surface area contributed by atoms with Crippen molar-refractivity contribution in [2.75, 3.05) is 11.9 Å². The Bertz CT molecular complexity index is 368. The summed E-state index contributed by atoms with van der Waals surface area (Å²) in [6.45, 7) is 3.42. The predicted molar refractivity (Wildman–Crippen MR) is 55.3 cm³/mol. The molecule has 0 aromatic carbocycles. The van der Waals surface area contributed by atoms with Crippen molar-refractivity contribution in [2.24, 2.45) is 0 Å². The Hall–Kier alpha value is -1.17. The molecular formula is C8H10BrN3O2. The van der Waals surface area contributed by atoms with Crippen LogP contribution in [0.15, 0.2) is 4.47 Å². The second-order valence-electron chi connectivity index (χ2n) is 2.77. The van der Waals surface area contributed by atoms with Crippen LogP contribution in [0, 0.1) is 13.8 Å². The lowest BCUT2D eigenvalue weighted by atomic mass is 10.4. The number of carboxylic acids is 1. The Balaban J connectivity index is 2.90. The molecule has 0 aliphatic heterocycles. The monoisotopic (exact) mass is 259 g/mol. The van der Waals surface area contributed by atoms with E-state index in [0.717, 1.165) is 5.69 Å². The fourth-order valence-electron chi connectivity index (χ4n) is 0.975. The van der Waals surface area contributed by atoms with Crippen molar-refractivity contribution in [2.45, 2.75) is 13.8 Å². The van der Waals surface area contributed by atoms with Crippen LogP contribution >= 0.6 is 15.9 Å². The van der Waals surface area contributed by atoms with E-state index in [1.165, 1.54) is 0 Å². The highest BCUT2D eigenvalue weighted by molar-refractivity contribution is 9.10. The lowest BCUT2D eigenvalue weighted by molar-refractivity contribution is -0.134. The molecule has 2 N–H and O–H groups in total. The van der Waals surface area contributed by atoms with Crippen molar-refractivity contribution in [1.29, 1.82) is 0 Å². The van der Waals surface area contributed by atoms with Gasteiger partial charge in [0.25, 0.3) is 0 Å². The van der Waals surface area contributed by atoms with Gasteiger partial charge in [0, 0.05) is 0 Å². The van der Waals surface area contributed by atoms with E-state index >= 15 is 0 Å². The first kappa shape index (κ1) is 10.9. The van der Waals surface area contributed by atoms with Crippen LogP contribution < -0.4 is 5.32 Å². The zero-order chi connectivity index (χ0) is 10.7. The summed E-state index contributed by atoms with van der Waals surface area (Å²) in [5, 5.41) is 11.2. The molecule has 6 heteroatoms. The second kappa shape index (κ2) is 4.36. The molecule has 1 heterocycles. The molecule has 76 valence electrons. The molecule has 0 atom stereocenters. The molecular weight excluding hydrogens is 250 g/mol. The fraction of sp³-hybridized carbons (Fsp3) is 0.375. The molecule has 0 radical (unpaired) electrons. The molecule has 0 aliphatic carbocycles. The van der Waals surface area contributed by atoms with Crippen molar-refractivity contribution in [3.8, 4) is 0 Å². The van der Waals surface area contributed by atoms with E-state index in [1.807, 2.05) is 6.92 Å². The van der Waals surface area contributed by atoms with Crippen molar-refractivity contribution in [1.82, 2.24) is 9.97 Å². The van der Waals surface area contributed by atoms with Crippen LogP contribution in [0.2, 0.25) is 0 Å². The molecule has 1 aromatic rings. The van der Waals surface area contributed by atoms with Crippen LogP contribution in [-0.2, 0) is 4.79 Å². The number of rotatable bonds is 3. The van der Waals surface area contributed by atoms with Gasteiger partial charge in [0.05, 0.1) is 10.2 Å². The largest absolute Gasteiger partial charge is 0.480 e. The zero-order valence-electron chi connectivity index (χ0n) is 7.83. The minimum Gasteiger partial charge on any atom is -0.480 e. The fourth-order valence-corrected chi connectivity index (χ4v) is 1.29. The molecule has 0 unspecified atom stereocenters. The number of nitrogens with one attached hydrogen (secondary N) is 1. The zero-order valence-corrected chi connectivity index (χ0v) is 9.42. The van der Waals surface area contributed by atoms with E-state index in [4.69, 9.17) is 5.11 Å². The van der Waals surface area contributed by atoms with E-state index in [0.29, 0.717) is 16.1 Å². The van der Waals surface area contributed by atoms with E-state index in [2.05, 4.69) is 31.2 Å². The summed E-state index contributed by atoms with van der Waals surface area (Å²) in [5.41, 5.74) is 0.783. The highest BCUT2D eigenvalue weighted by Gasteiger charge is 2.07. The van der Waals surface area contributed by atoms with Gasteiger partial charge in [-0.25, -0.2) is 9.97 Å². The van der Waals surface area contributed by atoms with E-state index in [-0.39, 0.29) is 6.54 Å². The number of carboxylic acid groups (broad SMARTS) is 1. The lowest BCUT2D eigenvalue weighted by Gasteiger charge is -2.07. The van der Waals surface area contributed by atoms with Crippen LogP contribution in [0.25, 0.3) is 0 Å². The minimum absolute atomic E-state index is 0.158. The lowest BCUT2D eigenvalue weighted by Crippen LogP contribution is -2.14. The Morgan fingerprint density at radius 2 is 2.14 bits per heavy atom. The van der Waals surface area contributed by atoms with Gasteiger partial charge in [-0.1, -0.05) is 0 Å². The number of aromatic nitrogens is 2. The number of anilines is 1. The third-order valence-corrected chi connectivity index (χ3v) is 2.49. The summed E-state index contributed by atoms with van der Waals surface area (Å²) < 4.78 is 0.698. The van der Waals surface area contributed by atoms with Gasteiger partial charge in [-0.3, -0.25) is 4.79 Å². The van der Waals surface area contributed by atoms with Crippen molar-refractivity contribution in [3.05, 3.63) is 16.0 Å². The Labute approximate surface area is 89.7 Å². The van der Waals surface area contributed by atoms with Gasteiger partial charge in [0.15, 0.2) is 0 Å². The van der Waals surface area contributed by atoms with Crippen LogP contribution in [0.4, 0.5) is 5.82 Å². The Morgan fingerprint density at radius 3 is 2.71 bits per heavy atom. The Morgan fingerprint density at radius 1 is 1.50 bits per heavy atom. The third-order valence-electron chi connectivity index (χ3n) is 1.54. The molecule has 14 heavy (non-hydrogen) atoms. The molecule has 0 saturated heterocycles. The second-order valence-corrected chi connectivity index (χ2v) is 3.56. The normalized spacial score (nSPS) is 9.93. The quantitative estimate of drug-likeness (QED) is 0.858. The van der Waals surface area contributed by atoms with Crippen LogP contribution in [0.1, 0.15) is 11.5 Å². The highest BCUT2D eigenvalue weighted by atomic mass is 79.9. The van der Waals surface area contributed by atoms with Crippen molar-refractivity contribution < 1.29 is 9.90 Å². The number of hydrogen-bond donors (Lipinski definition) is 2. The van der Waals surface area contributed by atoms with E-state index in [1.54, 1.807) is 6.92 Å². The summed E-state index contributed by atoms with van der Waals surface area (Å²) in [7, 11) is 0. The van der Waals surface area contributed by atoms with Crippen LogP contribution in [0.5, 0.6) is 0 Å². The van der Waals surface area contributed by atoms with Crippen molar-refractivity contribution in [3.63, 3.8) is 0 Å². The Kier molecular flexibility index (Phi) is 3.40. The smallest absolute Gasteiger partial charge is 0.322 e. The number of carbonyl (C=O) groups is 1. The first-order chi connectivity index (χ1) is 6.50. The molecule has 1 aromatic heterocycles. The molecule has 0 fully saturated rings. The van der Waals surface area contributed by atoms with Gasteiger partial charge < -0.3 is 10.4 Å². The first-order valence-corrected chi connectivity index (χ1v) is 4.76. The topological polar surface area (TPSA) is 75.1 Å². The average Bonchev–Trinajstić information content (AvgIpc) is 2.08. The van der Waals surface area contributed by atoms with Gasteiger partial charge >= 0.3 is 5.97 Å². The number of nitrogens with zero attached hydrogens (tertiary/aromatic N) is 2. The SMILES string of the molecule is Cc1nc(C)c(Br)c(NCC(=O)O)n1. The first-order valence-electron chi connectivity index (χ1n) is 3.97. The summed E-state index contributed by atoms with van der Waals surface area (Å²) in [4.78, 5) is 18.5.